The number of aliphatic imine (C=N–C) groups is 1. The fourth-order valence-electron chi connectivity index (χ4n) is 1.46. The number of methoxy groups -OCH3 is 1. The summed E-state index contributed by atoms with van der Waals surface area (Å²) < 4.78 is 4.95. The molecule has 1 atom stereocenters. The first-order valence-corrected chi connectivity index (χ1v) is 5.54. The second-order valence-electron chi connectivity index (χ2n) is 3.99. The molecule has 0 bridgehead atoms. The monoisotopic (exact) mass is 214 g/mol. The summed E-state index contributed by atoms with van der Waals surface area (Å²) in [4.78, 5) is 4.32. The van der Waals surface area contributed by atoms with Crippen molar-refractivity contribution in [1.82, 2.24) is 10.7 Å². The summed E-state index contributed by atoms with van der Waals surface area (Å²) >= 11 is 0. The van der Waals surface area contributed by atoms with E-state index in [-0.39, 0.29) is 0 Å². The van der Waals surface area contributed by atoms with Gasteiger partial charge in [0.25, 0.3) is 0 Å². The zero-order valence-electron chi connectivity index (χ0n) is 9.62. The molecule has 1 aliphatic carbocycles. The van der Waals surface area contributed by atoms with E-state index in [0.29, 0.717) is 12.0 Å². The molecule has 88 valence electrons. The minimum atomic E-state index is 0.460. The summed E-state index contributed by atoms with van der Waals surface area (Å²) in [5, 5.41) is 3.28. The van der Waals surface area contributed by atoms with Crippen LogP contribution in [0.25, 0.3) is 0 Å². The lowest BCUT2D eigenvalue weighted by molar-refractivity contribution is 0.197. The number of hydrogen-bond donors (Lipinski definition) is 3. The molecule has 0 aromatic carbocycles. The molecule has 1 fully saturated rings. The maximum atomic E-state index is 5.38. The second kappa shape index (κ2) is 6.63. The van der Waals surface area contributed by atoms with Crippen LogP contribution in [-0.2, 0) is 4.74 Å². The highest BCUT2D eigenvalue weighted by molar-refractivity contribution is 5.79. The van der Waals surface area contributed by atoms with E-state index >= 15 is 0 Å². The third-order valence-corrected chi connectivity index (χ3v) is 2.61. The van der Waals surface area contributed by atoms with E-state index in [0.717, 1.165) is 25.5 Å². The summed E-state index contributed by atoms with van der Waals surface area (Å²) in [5.41, 5.74) is 2.59. The van der Waals surface area contributed by atoms with Crippen LogP contribution < -0.4 is 16.6 Å². The Kier molecular flexibility index (Phi) is 5.42. The van der Waals surface area contributed by atoms with Gasteiger partial charge in [-0.15, -0.1) is 0 Å². The first kappa shape index (κ1) is 12.3. The van der Waals surface area contributed by atoms with Gasteiger partial charge in [-0.2, -0.15) is 0 Å². The van der Waals surface area contributed by atoms with Crippen molar-refractivity contribution in [3.8, 4) is 0 Å². The highest BCUT2D eigenvalue weighted by atomic mass is 16.5. The van der Waals surface area contributed by atoms with E-state index in [1.807, 2.05) is 0 Å². The van der Waals surface area contributed by atoms with Crippen molar-refractivity contribution in [2.75, 3.05) is 20.3 Å². The van der Waals surface area contributed by atoms with Gasteiger partial charge >= 0.3 is 0 Å². The molecule has 5 heteroatoms. The Balaban J connectivity index is 2.20. The molecule has 0 saturated heterocycles. The zero-order valence-corrected chi connectivity index (χ0v) is 9.62. The lowest BCUT2D eigenvalue weighted by Gasteiger charge is -2.15. The van der Waals surface area contributed by atoms with Gasteiger partial charge in [0, 0.05) is 26.3 Å². The fraction of sp³-hybridized carbons (Fsp3) is 0.900. The Morgan fingerprint density at radius 2 is 2.33 bits per heavy atom. The van der Waals surface area contributed by atoms with Crippen LogP contribution >= 0.6 is 0 Å². The number of guanidine groups is 1. The van der Waals surface area contributed by atoms with E-state index < -0.39 is 0 Å². The van der Waals surface area contributed by atoms with Crippen molar-refractivity contribution in [2.24, 2.45) is 16.8 Å². The number of hydrogen-bond acceptors (Lipinski definition) is 3. The van der Waals surface area contributed by atoms with Gasteiger partial charge < -0.3 is 10.1 Å². The summed E-state index contributed by atoms with van der Waals surface area (Å²) in [5.74, 6) is 6.86. The minimum absolute atomic E-state index is 0.460. The number of hydrazine groups is 1. The Morgan fingerprint density at radius 1 is 1.60 bits per heavy atom. The molecule has 15 heavy (non-hydrogen) atoms. The summed E-state index contributed by atoms with van der Waals surface area (Å²) in [7, 11) is 1.69. The SMILES string of the molecule is COCCCN=C(NN)NC(C)C1CC1. The predicted octanol–water partition coefficient (Wildman–Crippen LogP) is 0.230. The standard InChI is InChI=1S/C10H22N4O/c1-8(9-4-5-9)13-10(14-11)12-6-3-7-15-2/h8-9H,3-7,11H2,1-2H3,(H2,12,13,14). The maximum absolute atomic E-state index is 5.38. The number of nitrogens with two attached hydrogens (primary N) is 1. The predicted molar refractivity (Wildman–Crippen MR) is 61.4 cm³/mol. The number of nitrogens with zero attached hydrogens (tertiary/aromatic N) is 1. The second-order valence-corrected chi connectivity index (χ2v) is 3.99. The Labute approximate surface area is 91.4 Å². The average Bonchev–Trinajstić information content (AvgIpc) is 3.05. The van der Waals surface area contributed by atoms with Gasteiger partial charge in [0.05, 0.1) is 0 Å². The molecule has 1 unspecified atom stereocenters. The van der Waals surface area contributed by atoms with Gasteiger partial charge in [-0.05, 0) is 32.1 Å². The van der Waals surface area contributed by atoms with E-state index in [9.17, 15) is 0 Å². The molecule has 0 heterocycles. The minimum Gasteiger partial charge on any atom is -0.385 e. The quantitative estimate of drug-likeness (QED) is 0.195. The fourth-order valence-corrected chi connectivity index (χ4v) is 1.46. The van der Waals surface area contributed by atoms with Crippen LogP contribution in [0.1, 0.15) is 26.2 Å². The Hall–Kier alpha value is -0.810. The number of ether oxygens (including phenoxy) is 1. The van der Waals surface area contributed by atoms with Crippen LogP contribution in [0.4, 0.5) is 0 Å². The molecule has 1 aliphatic rings. The van der Waals surface area contributed by atoms with E-state index in [2.05, 4.69) is 22.7 Å². The van der Waals surface area contributed by atoms with E-state index in [1.54, 1.807) is 7.11 Å². The Bertz CT molecular complexity index is 204. The zero-order chi connectivity index (χ0) is 11.1. The normalized spacial score (nSPS) is 18.7. The van der Waals surface area contributed by atoms with Crippen LogP contribution in [-0.4, -0.2) is 32.3 Å². The molecule has 0 aliphatic heterocycles. The molecule has 1 saturated carbocycles. The molecule has 0 aromatic heterocycles. The molecule has 0 spiro atoms. The van der Waals surface area contributed by atoms with Gasteiger partial charge in [0.15, 0.2) is 0 Å². The average molecular weight is 214 g/mol. The van der Waals surface area contributed by atoms with Crippen LogP contribution in [0, 0.1) is 5.92 Å². The van der Waals surface area contributed by atoms with Crippen LogP contribution in [0.2, 0.25) is 0 Å². The van der Waals surface area contributed by atoms with Crippen molar-refractivity contribution < 1.29 is 4.74 Å². The van der Waals surface area contributed by atoms with Gasteiger partial charge in [-0.3, -0.25) is 10.4 Å². The van der Waals surface area contributed by atoms with Gasteiger partial charge in [-0.1, -0.05) is 0 Å². The third-order valence-electron chi connectivity index (χ3n) is 2.61. The molecule has 0 amide bonds. The first-order chi connectivity index (χ1) is 7.27. The van der Waals surface area contributed by atoms with Gasteiger partial charge in [0.2, 0.25) is 5.96 Å². The smallest absolute Gasteiger partial charge is 0.205 e. The lowest BCUT2D eigenvalue weighted by atomic mass is 10.2. The van der Waals surface area contributed by atoms with Gasteiger partial charge in [-0.25, -0.2) is 5.84 Å². The molecule has 0 radical (unpaired) electrons. The highest BCUT2D eigenvalue weighted by Crippen LogP contribution is 2.32. The van der Waals surface area contributed by atoms with Crippen LogP contribution in [0.3, 0.4) is 0 Å². The van der Waals surface area contributed by atoms with Crippen molar-refractivity contribution in [3.05, 3.63) is 0 Å². The summed E-state index contributed by atoms with van der Waals surface area (Å²) in [6.07, 6.45) is 3.55. The molecular formula is C10H22N4O. The lowest BCUT2D eigenvalue weighted by Crippen LogP contribution is -2.46. The highest BCUT2D eigenvalue weighted by Gasteiger charge is 2.28. The molecule has 5 nitrogen and oxygen atoms in total. The topological polar surface area (TPSA) is 71.7 Å². The summed E-state index contributed by atoms with van der Waals surface area (Å²) in [6.45, 7) is 3.64. The third kappa shape index (κ3) is 4.99. The van der Waals surface area contributed by atoms with Crippen molar-refractivity contribution in [1.29, 1.82) is 0 Å². The number of rotatable bonds is 6. The summed E-state index contributed by atoms with van der Waals surface area (Å²) in [6, 6.07) is 0.460. The van der Waals surface area contributed by atoms with E-state index in [1.165, 1.54) is 12.8 Å². The maximum Gasteiger partial charge on any atom is 0.205 e. The van der Waals surface area contributed by atoms with E-state index in [4.69, 9.17) is 10.6 Å². The molecular weight excluding hydrogens is 192 g/mol. The van der Waals surface area contributed by atoms with Crippen LogP contribution in [0.15, 0.2) is 4.99 Å². The van der Waals surface area contributed by atoms with Crippen molar-refractivity contribution >= 4 is 5.96 Å². The Morgan fingerprint density at radius 3 is 2.87 bits per heavy atom. The molecule has 4 N–H and O–H groups in total. The molecule has 1 rings (SSSR count). The van der Waals surface area contributed by atoms with Crippen LogP contribution in [0.5, 0.6) is 0 Å². The van der Waals surface area contributed by atoms with Crippen molar-refractivity contribution in [2.45, 2.75) is 32.2 Å². The van der Waals surface area contributed by atoms with Crippen molar-refractivity contribution in [3.63, 3.8) is 0 Å². The number of nitrogens with one attached hydrogen (secondary N) is 2. The molecule has 0 aromatic rings. The van der Waals surface area contributed by atoms with Gasteiger partial charge in [0.1, 0.15) is 0 Å². The largest absolute Gasteiger partial charge is 0.385 e. The first-order valence-electron chi connectivity index (χ1n) is 5.54.